The summed E-state index contributed by atoms with van der Waals surface area (Å²) in [6.07, 6.45) is 4.17. The SMILES string of the molecule is NC(=O)C(CC(=O)N1CCN(C2CCNCC2)CC1)c1ccc2[nH]ncc2c1. The van der Waals surface area contributed by atoms with Crippen LogP contribution in [0.3, 0.4) is 0 Å². The molecule has 2 fully saturated rings. The third kappa shape index (κ3) is 4.02. The molecule has 4 N–H and O–H groups in total. The maximum atomic E-state index is 12.9. The number of hydrogen-bond acceptors (Lipinski definition) is 5. The van der Waals surface area contributed by atoms with Gasteiger partial charge in [-0.25, -0.2) is 0 Å². The lowest BCUT2D eigenvalue weighted by atomic mass is 9.93. The van der Waals surface area contributed by atoms with E-state index in [4.69, 9.17) is 5.73 Å². The molecule has 2 aliphatic heterocycles. The highest BCUT2D eigenvalue weighted by atomic mass is 16.2. The van der Waals surface area contributed by atoms with Crippen molar-refractivity contribution >= 4 is 22.7 Å². The van der Waals surface area contributed by atoms with Crippen LogP contribution in [-0.2, 0) is 9.59 Å². The Morgan fingerprint density at radius 1 is 1.18 bits per heavy atom. The number of primary amides is 1. The first-order valence-corrected chi connectivity index (χ1v) is 10.1. The number of rotatable bonds is 5. The van der Waals surface area contributed by atoms with Gasteiger partial charge in [-0.2, -0.15) is 5.10 Å². The molecule has 0 bridgehead atoms. The van der Waals surface area contributed by atoms with Gasteiger partial charge >= 0.3 is 0 Å². The predicted octanol–water partition coefficient (Wildman–Crippen LogP) is 0.418. The lowest BCUT2D eigenvalue weighted by Gasteiger charge is -2.41. The van der Waals surface area contributed by atoms with Crippen LogP contribution in [0.5, 0.6) is 0 Å². The normalized spacial score (nSPS) is 20.4. The molecule has 4 rings (SSSR count). The molecule has 0 saturated carbocycles. The molecule has 8 heteroatoms. The van der Waals surface area contributed by atoms with Crippen molar-refractivity contribution < 1.29 is 9.59 Å². The van der Waals surface area contributed by atoms with Crippen molar-refractivity contribution in [2.24, 2.45) is 5.73 Å². The van der Waals surface area contributed by atoms with Crippen LogP contribution < -0.4 is 11.1 Å². The summed E-state index contributed by atoms with van der Waals surface area (Å²) in [5.74, 6) is -1.08. The number of piperidine rings is 1. The molecule has 150 valence electrons. The van der Waals surface area contributed by atoms with Crippen molar-refractivity contribution in [3.05, 3.63) is 30.0 Å². The standard InChI is InChI=1S/C20H28N6O2/c21-20(28)17(14-1-2-18-15(11-14)13-23-24-18)12-19(27)26-9-7-25(8-10-26)16-3-5-22-6-4-16/h1-2,11,13,16-17,22H,3-10,12H2,(H2,21,28)(H,23,24). The molecule has 2 saturated heterocycles. The number of piperazine rings is 1. The van der Waals surface area contributed by atoms with Gasteiger partial charge in [0.25, 0.3) is 0 Å². The first-order chi connectivity index (χ1) is 13.6. The van der Waals surface area contributed by atoms with Gasteiger partial charge in [-0.3, -0.25) is 19.6 Å². The van der Waals surface area contributed by atoms with Crippen LogP contribution in [0.2, 0.25) is 0 Å². The number of carbonyl (C=O) groups excluding carboxylic acids is 2. The Morgan fingerprint density at radius 2 is 1.93 bits per heavy atom. The summed E-state index contributed by atoms with van der Waals surface area (Å²) in [7, 11) is 0. The van der Waals surface area contributed by atoms with Crippen LogP contribution in [0.15, 0.2) is 24.4 Å². The van der Waals surface area contributed by atoms with Crippen molar-refractivity contribution in [2.45, 2.75) is 31.2 Å². The van der Waals surface area contributed by atoms with Gasteiger partial charge in [-0.15, -0.1) is 0 Å². The quantitative estimate of drug-likeness (QED) is 0.692. The summed E-state index contributed by atoms with van der Waals surface area (Å²) < 4.78 is 0. The van der Waals surface area contributed by atoms with E-state index < -0.39 is 11.8 Å². The minimum atomic E-state index is -0.616. The molecule has 2 aromatic rings. The maximum absolute atomic E-state index is 12.9. The van der Waals surface area contributed by atoms with Crippen LogP contribution in [0, 0.1) is 0 Å². The molecular formula is C20H28N6O2. The van der Waals surface area contributed by atoms with Gasteiger partial charge in [0.2, 0.25) is 11.8 Å². The van der Waals surface area contributed by atoms with Crippen LogP contribution in [0.25, 0.3) is 10.9 Å². The van der Waals surface area contributed by atoms with E-state index in [1.165, 1.54) is 12.8 Å². The lowest BCUT2D eigenvalue weighted by Crippen LogP contribution is -2.54. The van der Waals surface area contributed by atoms with Crippen molar-refractivity contribution in [3.8, 4) is 0 Å². The van der Waals surface area contributed by atoms with Gasteiger partial charge in [0.05, 0.1) is 17.6 Å². The Morgan fingerprint density at radius 3 is 2.64 bits per heavy atom. The van der Waals surface area contributed by atoms with E-state index in [0.29, 0.717) is 6.04 Å². The summed E-state index contributed by atoms with van der Waals surface area (Å²) in [6, 6.07) is 6.23. The Kier molecular flexibility index (Phi) is 5.59. The van der Waals surface area contributed by atoms with E-state index in [1.807, 2.05) is 23.1 Å². The fraction of sp³-hybridized carbons (Fsp3) is 0.550. The minimum Gasteiger partial charge on any atom is -0.369 e. The molecule has 2 amide bonds. The topological polar surface area (TPSA) is 107 Å². The second-order valence-corrected chi connectivity index (χ2v) is 7.77. The summed E-state index contributed by atoms with van der Waals surface area (Å²) in [6.45, 7) is 5.39. The molecule has 3 heterocycles. The van der Waals surface area contributed by atoms with Crippen LogP contribution >= 0.6 is 0 Å². The number of carbonyl (C=O) groups is 2. The average molecular weight is 384 g/mol. The number of aromatic nitrogens is 2. The maximum Gasteiger partial charge on any atom is 0.225 e. The van der Waals surface area contributed by atoms with Crippen LogP contribution in [0.1, 0.15) is 30.7 Å². The number of nitrogens with zero attached hydrogens (tertiary/aromatic N) is 3. The van der Waals surface area contributed by atoms with Crippen molar-refractivity contribution in [3.63, 3.8) is 0 Å². The fourth-order valence-electron chi connectivity index (χ4n) is 4.37. The summed E-state index contributed by atoms with van der Waals surface area (Å²) in [4.78, 5) is 29.3. The molecule has 0 radical (unpaired) electrons. The first kappa shape index (κ1) is 18.9. The third-order valence-electron chi connectivity index (χ3n) is 6.08. The second-order valence-electron chi connectivity index (χ2n) is 7.77. The number of hydrogen-bond donors (Lipinski definition) is 3. The van der Waals surface area contributed by atoms with E-state index in [1.54, 1.807) is 6.20 Å². The number of aromatic amines is 1. The van der Waals surface area contributed by atoms with Gasteiger partial charge < -0.3 is 16.0 Å². The molecule has 1 aromatic heterocycles. The van der Waals surface area contributed by atoms with E-state index >= 15 is 0 Å². The van der Waals surface area contributed by atoms with Crippen molar-refractivity contribution in [1.29, 1.82) is 0 Å². The molecule has 1 atom stereocenters. The van der Waals surface area contributed by atoms with E-state index in [9.17, 15) is 9.59 Å². The summed E-state index contributed by atoms with van der Waals surface area (Å²) in [5.41, 5.74) is 7.30. The Bertz CT molecular complexity index is 836. The average Bonchev–Trinajstić information content (AvgIpc) is 3.20. The van der Waals surface area contributed by atoms with Gasteiger partial charge in [-0.1, -0.05) is 6.07 Å². The second kappa shape index (κ2) is 8.28. The number of fused-ring (bicyclic) bond motifs is 1. The third-order valence-corrected chi connectivity index (χ3v) is 6.08. The Labute approximate surface area is 164 Å². The summed E-state index contributed by atoms with van der Waals surface area (Å²) in [5, 5.41) is 11.2. The number of nitrogens with one attached hydrogen (secondary N) is 2. The van der Waals surface area contributed by atoms with E-state index in [-0.39, 0.29) is 12.3 Å². The van der Waals surface area contributed by atoms with Gasteiger partial charge in [0.15, 0.2) is 0 Å². The zero-order chi connectivity index (χ0) is 19.5. The molecule has 1 unspecified atom stereocenters. The molecule has 0 aliphatic carbocycles. The van der Waals surface area contributed by atoms with Crippen molar-refractivity contribution in [2.75, 3.05) is 39.3 Å². The molecule has 28 heavy (non-hydrogen) atoms. The zero-order valence-electron chi connectivity index (χ0n) is 16.1. The molecule has 0 spiro atoms. The monoisotopic (exact) mass is 384 g/mol. The highest BCUT2D eigenvalue weighted by molar-refractivity contribution is 5.90. The zero-order valence-corrected chi connectivity index (χ0v) is 16.1. The minimum absolute atomic E-state index is 0.000974. The molecule has 1 aromatic carbocycles. The fourth-order valence-corrected chi connectivity index (χ4v) is 4.37. The number of H-pyrrole nitrogens is 1. The first-order valence-electron chi connectivity index (χ1n) is 10.1. The van der Waals surface area contributed by atoms with Gasteiger partial charge in [-0.05, 0) is 43.6 Å². The molecule has 8 nitrogen and oxygen atoms in total. The highest BCUT2D eigenvalue weighted by Gasteiger charge is 2.29. The van der Waals surface area contributed by atoms with E-state index in [0.717, 1.165) is 55.7 Å². The van der Waals surface area contributed by atoms with Gasteiger partial charge in [0.1, 0.15) is 0 Å². The van der Waals surface area contributed by atoms with Crippen LogP contribution in [-0.4, -0.2) is 77.1 Å². The number of amides is 2. The molecular weight excluding hydrogens is 356 g/mol. The highest BCUT2D eigenvalue weighted by Crippen LogP contribution is 2.25. The smallest absolute Gasteiger partial charge is 0.225 e. The van der Waals surface area contributed by atoms with Crippen LogP contribution in [0.4, 0.5) is 0 Å². The molecule has 2 aliphatic rings. The summed E-state index contributed by atoms with van der Waals surface area (Å²) >= 11 is 0. The Hall–Kier alpha value is -2.45. The van der Waals surface area contributed by atoms with Gasteiger partial charge in [0, 0.05) is 44.0 Å². The lowest BCUT2D eigenvalue weighted by molar-refractivity contribution is -0.135. The van der Waals surface area contributed by atoms with E-state index in [2.05, 4.69) is 20.4 Å². The number of benzene rings is 1. The van der Waals surface area contributed by atoms with Crippen molar-refractivity contribution in [1.82, 2.24) is 25.3 Å². The Balaban J connectivity index is 1.37. The largest absolute Gasteiger partial charge is 0.369 e. The predicted molar refractivity (Wildman–Crippen MR) is 107 cm³/mol. The number of nitrogens with two attached hydrogens (primary N) is 1.